The molecule has 5 nitrogen and oxygen atoms in total. The van der Waals surface area contributed by atoms with Crippen LogP contribution in [0.1, 0.15) is 29.8 Å². The molecule has 0 aliphatic heterocycles. The van der Waals surface area contributed by atoms with E-state index in [1.807, 2.05) is 19.1 Å². The number of hydrogen-bond acceptors (Lipinski definition) is 4. The Balaban J connectivity index is 2.07. The number of carboxylic acid groups (broad SMARTS) is 1. The van der Waals surface area contributed by atoms with Crippen molar-refractivity contribution < 1.29 is 24.2 Å². The predicted octanol–water partition coefficient (Wildman–Crippen LogP) is 4.08. The summed E-state index contributed by atoms with van der Waals surface area (Å²) in [5, 5.41) is 9.18. The van der Waals surface area contributed by atoms with Crippen LogP contribution in [-0.2, 0) is 11.2 Å². The van der Waals surface area contributed by atoms with Gasteiger partial charge in [-0.1, -0.05) is 35.0 Å². The first-order valence-corrected chi connectivity index (χ1v) is 8.20. The number of aryl methyl sites for hydroxylation is 1. The molecule has 2 rings (SSSR count). The summed E-state index contributed by atoms with van der Waals surface area (Å²) in [6.45, 7) is 3.60. The van der Waals surface area contributed by atoms with E-state index in [1.54, 1.807) is 25.1 Å². The maximum atomic E-state index is 12.1. The van der Waals surface area contributed by atoms with Crippen LogP contribution in [0.2, 0.25) is 0 Å². The molecular formula is C18H17BrO5. The van der Waals surface area contributed by atoms with Crippen molar-refractivity contribution in [2.24, 2.45) is 0 Å². The number of esters is 1. The molecule has 0 amide bonds. The lowest BCUT2D eigenvalue weighted by molar-refractivity contribution is -0.141. The van der Waals surface area contributed by atoms with Gasteiger partial charge in [0, 0.05) is 4.47 Å². The van der Waals surface area contributed by atoms with Crippen molar-refractivity contribution in [3.8, 4) is 11.5 Å². The molecule has 0 aromatic heterocycles. The zero-order valence-electron chi connectivity index (χ0n) is 13.3. The molecule has 0 spiro atoms. The highest BCUT2D eigenvalue weighted by atomic mass is 79.9. The van der Waals surface area contributed by atoms with Crippen LogP contribution in [0.3, 0.4) is 0 Å². The first-order valence-electron chi connectivity index (χ1n) is 7.40. The van der Waals surface area contributed by atoms with E-state index in [4.69, 9.17) is 9.47 Å². The Labute approximate surface area is 148 Å². The minimum atomic E-state index is -1.18. The number of halogens is 1. The molecule has 0 aliphatic rings. The third-order valence-electron chi connectivity index (χ3n) is 3.36. The maximum absolute atomic E-state index is 12.1. The van der Waals surface area contributed by atoms with Crippen molar-refractivity contribution in [3.63, 3.8) is 0 Å². The van der Waals surface area contributed by atoms with E-state index in [1.165, 1.54) is 17.7 Å². The standard InChI is InChI=1S/C18H17BrO5/c1-3-12-4-7-14(8-5-12)23-11(2)18(22)24-16-9-6-13(19)10-15(16)17(20)21/h4-11H,3H2,1-2H3,(H,20,21). The smallest absolute Gasteiger partial charge is 0.352 e. The van der Waals surface area contributed by atoms with E-state index < -0.39 is 18.0 Å². The Hall–Kier alpha value is -2.34. The highest BCUT2D eigenvalue weighted by molar-refractivity contribution is 9.10. The summed E-state index contributed by atoms with van der Waals surface area (Å²) in [4.78, 5) is 23.4. The average Bonchev–Trinajstić information content (AvgIpc) is 2.56. The second-order valence-electron chi connectivity index (χ2n) is 5.12. The van der Waals surface area contributed by atoms with Gasteiger partial charge in [0.2, 0.25) is 0 Å². The van der Waals surface area contributed by atoms with Gasteiger partial charge in [0.1, 0.15) is 17.1 Å². The fourth-order valence-electron chi connectivity index (χ4n) is 2.01. The number of rotatable bonds is 6. The number of carbonyl (C=O) groups excluding carboxylic acids is 1. The van der Waals surface area contributed by atoms with E-state index in [0.717, 1.165) is 6.42 Å². The third-order valence-corrected chi connectivity index (χ3v) is 3.85. The van der Waals surface area contributed by atoms with Crippen LogP contribution in [-0.4, -0.2) is 23.1 Å². The van der Waals surface area contributed by atoms with E-state index >= 15 is 0 Å². The minimum Gasteiger partial charge on any atom is -0.479 e. The Morgan fingerprint density at radius 3 is 2.42 bits per heavy atom. The lowest BCUT2D eigenvalue weighted by Crippen LogP contribution is -2.29. The fraction of sp³-hybridized carbons (Fsp3) is 0.222. The third kappa shape index (κ3) is 4.58. The van der Waals surface area contributed by atoms with Gasteiger partial charge in [-0.25, -0.2) is 9.59 Å². The molecule has 0 saturated heterocycles. The summed E-state index contributed by atoms with van der Waals surface area (Å²) in [6.07, 6.45) is 0.0436. The SMILES string of the molecule is CCc1ccc(OC(C)C(=O)Oc2ccc(Br)cc2C(=O)O)cc1. The number of carboxylic acids is 1. The molecule has 1 N–H and O–H groups in total. The summed E-state index contributed by atoms with van der Waals surface area (Å²) in [5.41, 5.74) is 1.07. The molecule has 0 heterocycles. The van der Waals surface area contributed by atoms with Gasteiger partial charge in [-0.05, 0) is 49.2 Å². The molecule has 126 valence electrons. The number of carbonyl (C=O) groups is 2. The number of benzene rings is 2. The van der Waals surface area contributed by atoms with Crippen molar-refractivity contribution >= 4 is 27.9 Å². The van der Waals surface area contributed by atoms with Crippen molar-refractivity contribution in [1.29, 1.82) is 0 Å². The molecule has 2 aromatic carbocycles. The van der Waals surface area contributed by atoms with Crippen LogP contribution in [0.25, 0.3) is 0 Å². The molecule has 0 bridgehead atoms. The molecule has 0 aliphatic carbocycles. The van der Waals surface area contributed by atoms with Gasteiger partial charge < -0.3 is 14.6 Å². The molecule has 1 unspecified atom stereocenters. The molecule has 24 heavy (non-hydrogen) atoms. The second-order valence-corrected chi connectivity index (χ2v) is 6.04. The van der Waals surface area contributed by atoms with Crippen LogP contribution < -0.4 is 9.47 Å². The summed E-state index contributed by atoms with van der Waals surface area (Å²) in [7, 11) is 0. The van der Waals surface area contributed by atoms with Crippen molar-refractivity contribution in [2.45, 2.75) is 26.4 Å². The van der Waals surface area contributed by atoms with Gasteiger partial charge in [-0.2, -0.15) is 0 Å². The topological polar surface area (TPSA) is 72.8 Å². The van der Waals surface area contributed by atoms with Crippen LogP contribution >= 0.6 is 15.9 Å². The van der Waals surface area contributed by atoms with Gasteiger partial charge in [-0.15, -0.1) is 0 Å². The first kappa shape index (κ1) is 18.0. The van der Waals surface area contributed by atoms with Crippen molar-refractivity contribution in [2.75, 3.05) is 0 Å². The lowest BCUT2D eigenvalue weighted by Gasteiger charge is -2.15. The first-order chi connectivity index (χ1) is 11.4. The monoisotopic (exact) mass is 392 g/mol. The highest BCUT2D eigenvalue weighted by Crippen LogP contribution is 2.24. The second kappa shape index (κ2) is 7.97. The zero-order valence-corrected chi connectivity index (χ0v) is 14.9. The quantitative estimate of drug-likeness (QED) is 0.592. The minimum absolute atomic E-state index is 0.0209. The molecule has 6 heteroatoms. The zero-order chi connectivity index (χ0) is 17.7. The van der Waals surface area contributed by atoms with Gasteiger partial charge in [0.25, 0.3) is 0 Å². The van der Waals surface area contributed by atoms with Gasteiger partial charge in [0.05, 0.1) is 0 Å². The van der Waals surface area contributed by atoms with E-state index in [2.05, 4.69) is 15.9 Å². The largest absolute Gasteiger partial charge is 0.479 e. The normalized spacial score (nSPS) is 11.6. The highest BCUT2D eigenvalue weighted by Gasteiger charge is 2.21. The number of hydrogen-bond donors (Lipinski definition) is 1. The van der Waals surface area contributed by atoms with Crippen LogP contribution in [0.5, 0.6) is 11.5 Å². The molecule has 1 atom stereocenters. The number of aromatic carboxylic acids is 1. The Morgan fingerprint density at radius 2 is 1.83 bits per heavy atom. The van der Waals surface area contributed by atoms with Crippen molar-refractivity contribution in [3.05, 3.63) is 58.1 Å². The maximum Gasteiger partial charge on any atom is 0.352 e. The summed E-state index contributed by atoms with van der Waals surface area (Å²) < 4.78 is 11.3. The van der Waals surface area contributed by atoms with E-state index in [-0.39, 0.29) is 11.3 Å². The molecular weight excluding hydrogens is 376 g/mol. The molecule has 0 radical (unpaired) electrons. The Morgan fingerprint density at radius 1 is 1.17 bits per heavy atom. The predicted molar refractivity (Wildman–Crippen MR) is 92.6 cm³/mol. The van der Waals surface area contributed by atoms with E-state index in [9.17, 15) is 14.7 Å². The van der Waals surface area contributed by atoms with Crippen LogP contribution in [0.4, 0.5) is 0 Å². The summed E-state index contributed by atoms with van der Waals surface area (Å²) >= 11 is 3.19. The van der Waals surface area contributed by atoms with Gasteiger partial charge in [0.15, 0.2) is 6.10 Å². The molecule has 2 aromatic rings. The van der Waals surface area contributed by atoms with Crippen LogP contribution in [0.15, 0.2) is 46.9 Å². The molecule has 0 saturated carbocycles. The van der Waals surface area contributed by atoms with Gasteiger partial charge >= 0.3 is 11.9 Å². The average molecular weight is 393 g/mol. The van der Waals surface area contributed by atoms with Crippen LogP contribution in [0, 0.1) is 0 Å². The Bertz CT molecular complexity index is 740. The van der Waals surface area contributed by atoms with E-state index in [0.29, 0.717) is 10.2 Å². The molecule has 0 fully saturated rings. The fourth-order valence-corrected chi connectivity index (χ4v) is 2.37. The van der Waals surface area contributed by atoms with Gasteiger partial charge in [-0.3, -0.25) is 0 Å². The van der Waals surface area contributed by atoms with Crippen molar-refractivity contribution in [1.82, 2.24) is 0 Å². The lowest BCUT2D eigenvalue weighted by atomic mass is 10.2. The Kier molecular flexibility index (Phi) is 5.98. The number of ether oxygens (including phenoxy) is 2. The summed E-state index contributed by atoms with van der Waals surface area (Å²) in [6, 6.07) is 11.8. The summed E-state index contributed by atoms with van der Waals surface area (Å²) in [5.74, 6) is -1.32.